The van der Waals surface area contributed by atoms with E-state index in [-0.39, 0.29) is 0 Å². The van der Waals surface area contributed by atoms with Crippen molar-refractivity contribution >= 4 is 23.4 Å². The Bertz CT molecular complexity index is 605. The van der Waals surface area contributed by atoms with Crippen molar-refractivity contribution in [2.45, 2.75) is 22.4 Å². The van der Waals surface area contributed by atoms with E-state index < -0.39 is 0 Å². The fourth-order valence-electron chi connectivity index (χ4n) is 2.46. The summed E-state index contributed by atoms with van der Waals surface area (Å²) in [6, 6.07) is 14.3. The predicted octanol–water partition coefficient (Wildman–Crippen LogP) is 4.53. The van der Waals surface area contributed by atoms with Crippen molar-refractivity contribution in [2.75, 3.05) is 13.7 Å². The maximum atomic E-state index is 5.99. The van der Waals surface area contributed by atoms with Crippen LogP contribution < -0.4 is 9.47 Å². The number of benzene rings is 2. The van der Waals surface area contributed by atoms with E-state index >= 15 is 0 Å². The van der Waals surface area contributed by atoms with E-state index in [4.69, 9.17) is 21.1 Å². The van der Waals surface area contributed by atoms with Gasteiger partial charge in [-0.1, -0.05) is 18.2 Å². The van der Waals surface area contributed by atoms with Crippen LogP contribution in [0.5, 0.6) is 11.5 Å². The molecule has 2 nitrogen and oxygen atoms in total. The zero-order valence-electron chi connectivity index (χ0n) is 11.8. The summed E-state index contributed by atoms with van der Waals surface area (Å²) in [4.78, 5) is 1.37. The number of methoxy groups -OCH3 is 1. The van der Waals surface area contributed by atoms with Crippen molar-refractivity contribution in [2.24, 2.45) is 0 Å². The smallest absolute Gasteiger partial charge is 0.124 e. The standard InChI is InChI=1S/C17H17ClO2S/c1-19-14-6-7-16(13(8-14)10-18)20-11-15-9-12-4-2-3-5-17(12)21-15/h2-8,15H,9-11H2,1H3. The summed E-state index contributed by atoms with van der Waals surface area (Å²) in [5.41, 5.74) is 2.39. The van der Waals surface area contributed by atoms with E-state index in [1.807, 2.05) is 30.0 Å². The molecule has 1 heterocycles. The number of thioether (sulfide) groups is 1. The van der Waals surface area contributed by atoms with Gasteiger partial charge in [-0.05, 0) is 36.2 Å². The fraction of sp³-hybridized carbons (Fsp3) is 0.294. The molecule has 0 saturated carbocycles. The highest BCUT2D eigenvalue weighted by Gasteiger charge is 2.22. The Morgan fingerprint density at radius 3 is 2.86 bits per heavy atom. The van der Waals surface area contributed by atoms with Gasteiger partial charge in [0.05, 0.1) is 13.0 Å². The van der Waals surface area contributed by atoms with Crippen LogP contribution in [0.4, 0.5) is 0 Å². The number of alkyl halides is 1. The second-order valence-electron chi connectivity index (χ2n) is 4.97. The third kappa shape index (κ3) is 3.30. The van der Waals surface area contributed by atoms with E-state index in [1.165, 1.54) is 10.5 Å². The number of halogens is 1. The first-order chi connectivity index (χ1) is 10.3. The van der Waals surface area contributed by atoms with Gasteiger partial charge >= 0.3 is 0 Å². The number of rotatable bonds is 5. The first-order valence-corrected chi connectivity index (χ1v) is 8.32. The lowest BCUT2D eigenvalue weighted by atomic mass is 10.1. The average molecular weight is 321 g/mol. The molecular weight excluding hydrogens is 304 g/mol. The van der Waals surface area contributed by atoms with Crippen LogP contribution in [0.25, 0.3) is 0 Å². The topological polar surface area (TPSA) is 18.5 Å². The Hall–Kier alpha value is -1.32. The van der Waals surface area contributed by atoms with E-state index in [9.17, 15) is 0 Å². The Morgan fingerprint density at radius 2 is 2.10 bits per heavy atom. The first kappa shape index (κ1) is 14.6. The number of ether oxygens (including phenoxy) is 2. The SMILES string of the molecule is COc1ccc(OCC2Cc3ccccc3S2)c(CCl)c1. The lowest BCUT2D eigenvalue weighted by molar-refractivity contribution is 0.314. The van der Waals surface area contributed by atoms with Gasteiger partial charge < -0.3 is 9.47 Å². The average Bonchev–Trinajstić information content (AvgIpc) is 2.95. The minimum absolute atomic E-state index is 0.421. The van der Waals surface area contributed by atoms with Crippen LogP contribution in [-0.2, 0) is 12.3 Å². The van der Waals surface area contributed by atoms with Crippen LogP contribution >= 0.6 is 23.4 Å². The highest BCUT2D eigenvalue weighted by atomic mass is 35.5. The van der Waals surface area contributed by atoms with Crippen LogP contribution in [0.2, 0.25) is 0 Å². The highest BCUT2D eigenvalue weighted by molar-refractivity contribution is 8.00. The number of hydrogen-bond acceptors (Lipinski definition) is 3. The lowest BCUT2D eigenvalue weighted by Gasteiger charge is -2.14. The summed E-state index contributed by atoms with van der Waals surface area (Å²) < 4.78 is 11.2. The van der Waals surface area contributed by atoms with Gasteiger partial charge in [0.1, 0.15) is 18.1 Å². The van der Waals surface area contributed by atoms with Gasteiger partial charge in [-0.2, -0.15) is 0 Å². The number of hydrogen-bond donors (Lipinski definition) is 0. The Balaban J connectivity index is 1.64. The normalized spacial score (nSPS) is 16.6. The second-order valence-corrected chi connectivity index (χ2v) is 6.58. The first-order valence-electron chi connectivity index (χ1n) is 6.90. The summed E-state index contributed by atoms with van der Waals surface area (Å²) in [6.07, 6.45) is 1.06. The molecule has 1 aliphatic heterocycles. The van der Waals surface area contributed by atoms with Crippen LogP contribution in [0.3, 0.4) is 0 Å². The van der Waals surface area contributed by atoms with Crippen molar-refractivity contribution in [3.63, 3.8) is 0 Å². The molecule has 0 saturated heterocycles. The summed E-state index contributed by atoms with van der Waals surface area (Å²) >= 11 is 7.88. The third-order valence-electron chi connectivity index (χ3n) is 3.55. The van der Waals surface area contributed by atoms with Crippen LogP contribution in [0.1, 0.15) is 11.1 Å². The lowest BCUT2D eigenvalue weighted by Crippen LogP contribution is -2.14. The summed E-state index contributed by atoms with van der Waals surface area (Å²) in [5.74, 6) is 2.08. The molecular formula is C17H17ClO2S. The zero-order chi connectivity index (χ0) is 14.7. The molecule has 110 valence electrons. The van der Waals surface area contributed by atoms with E-state index in [1.54, 1.807) is 7.11 Å². The molecule has 1 unspecified atom stereocenters. The molecule has 1 aliphatic rings. The molecule has 4 heteroatoms. The highest BCUT2D eigenvalue weighted by Crippen LogP contribution is 2.37. The molecule has 1 atom stereocenters. The fourth-order valence-corrected chi connectivity index (χ4v) is 3.88. The predicted molar refractivity (Wildman–Crippen MR) is 87.8 cm³/mol. The Labute approximate surface area is 134 Å². The molecule has 21 heavy (non-hydrogen) atoms. The molecule has 0 bridgehead atoms. The van der Waals surface area contributed by atoms with E-state index in [2.05, 4.69) is 24.3 Å². The van der Waals surface area contributed by atoms with Crippen molar-refractivity contribution in [3.8, 4) is 11.5 Å². The maximum absolute atomic E-state index is 5.99. The van der Waals surface area contributed by atoms with Crippen LogP contribution in [0.15, 0.2) is 47.4 Å². The van der Waals surface area contributed by atoms with Crippen molar-refractivity contribution < 1.29 is 9.47 Å². The molecule has 2 aromatic carbocycles. The summed E-state index contributed by atoms with van der Waals surface area (Å²) in [7, 11) is 1.65. The van der Waals surface area contributed by atoms with Crippen LogP contribution in [0, 0.1) is 0 Å². The zero-order valence-corrected chi connectivity index (χ0v) is 13.4. The van der Waals surface area contributed by atoms with E-state index in [0.717, 1.165) is 23.5 Å². The largest absolute Gasteiger partial charge is 0.497 e. The molecule has 0 spiro atoms. The molecule has 0 aliphatic carbocycles. The van der Waals surface area contributed by atoms with Gasteiger partial charge in [-0.15, -0.1) is 23.4 Å². The second kappa shape index (κ2) is 6.63. The molecule has 3 rings (SSSR count). The molecule has 0 N–H and O–H groups in total. The molecule has 2 aromatic rings. The van der Waals surface area contributed by atoms with Gasteiger partial charge in [-0.3, -0.25) is 0 Å². The monoisotopic (exact) mass is 320 g/mol. The Kier molecular flexibility index (Phi) is 4.61. The molecule has 0 fully saturated rings. The van der Waals surface area contributed by atoms with Gasteiger partial charge in [0.15, 0.2) is 0 Å². The van der Waals surface area contributed by atoms with Crippen molar-refractivity contribution in [3.05, 3.63) is 53.6 Å². The van der Waals surface area contributed by atoms with Crippen molar-refractivity contribution in [1.82, 2.24) is 0 Å². The number of fused-ring (bicyclic) bond motifs is 1. The molecule has 0 aromatic heterocycles. The molecule has 0 amide bonds. The van der Waals surface area contributed by atoms with Gasteiger partial charge in [-0.25, -0.2) is 0 Å². The van der Waals surface area contributed by atoms with E-state index in [0.29, 0.717) is 17.7 Å². The minimum atomic E-state index is 0.421. The van der Waals surface area contributed by atoms with Crippen LogP contribution in [-0.4, -0.2) is 19.0 Å². The Morgan fingerprint density at radius 1 is 1.24 bits per heavy atom. The maximum Gasteiger partial charge on any atom is 0.124 e. The van der Waals surface area contributed by atoms with Gasteiger partial charge in [0.25, 0.3) is 0 Å². The van der Waals surface area contributed by atoms with Gasteiger partial charge in [0, 0.05) is 15.7 Å². The van der Waals surface area contributed by atoms with Gasteiger partial charge in [0.2, 0.25) is 0 Å². The minimum Gasteiger partial charge on any atom is -0.497 e. The van der Waals surface area contributed by atoms with Crippen molar-refractivity contribution in [1.29, 1.82) is 0 Å². The summed E-state index contributed by atoms with van der Waals surface area (Å²) in [5, 5.41) is 0.465. The quantitative estimate of drug-likeness (QED) is 0.754. The summed E-state index contributed by atoms with van der Waals surface area (Å²) in [6.45, 7) is 0.690. The third-order valence-corrected chi connectivity index (χ3v) is 5.13. The molecule has 0 radical (unpaired) electrons.